The van der Waals surface area contributed by atoms with E-state index in [0.29, 0.717) is 22.4 Å². The molecular formula is C25H27NO7. The first-order valence-electron chi connectivity index (χ1n) is 10.7. The van der Waals surface area contributed by atoms with Gasteiger partial charge in [-0.05, 0) is 49.1 Å². The summed E-state index contributed by atoms with van der Waals surface area (Å²) in [5, 5.41) is 3.13. The first kappa shape index (κ1) is 23.8. The van der Waals surface area contributed by atoms with Crippen molar-refractivity contribution in [2.75, 3.05) is 18.5 Å². The van der Waals surface area contributed by atoms with Crippen LogP contribution in [0.4, 0.5) is 10.5 Å². The van der Waals surface area contributed by atoms with Crippen LogP contribution in [0.2, 0.25) is 0 Å². The summed E-state index contributed by atoms with van der Waals surface area (Å²) in [4.78, 5) is 35.9. The van der Waals surface area contributed by atoms with Gasteiger partial charge in [0, 0.05) is 28.8 Å². The topological polar surface area (TPSA) is 104 Å². The molecule has 33 heavy (non-hydrogen) atoms. The van der Waals surface area contributed by atoms with Gasteiger partial charge in [0.2, 0.25) is 0 Å². The highest BCUT2D eigenvalue weighted by atomic mass is 16.6. The lowest BCUT2D eigenvalue weighted by atomic mass is 10.0. The number of carbonyl (C=O) groups is 2. The molecule has 174 valence electrons. The van der Waals surface area contributed by atoms with E-state index in [-0.39, 0.29) is 31.3 Å². The minimum Gasteiger partial charge on any atom is -0.482 e. The average molecular weight is 453 g/mol. The third-order valence-electron chi connectivity index (χ3n) is 4.88. The minimum atomic E-state index is -0.612. The summed E-state index contributed by atoms with van der Waals surface area (Å²) in [6, 6.07) is 12.0. The summed E-state index contributed by atoms with van der Waals surface area (Å²) in [5.41, 5.74) is 2.58. The van der Waals surface area contributed by atoms with E-state index >= 15 is 0 Å². The van der Waals surface area contributed by atoms with Crippen LogP contribution in [0.25, 0.3) is 11.0 Å². The summed E-state index contributed by atoms with van der Waals surface area (Å²) < 4.78 is 21.1. The van der Waals surface area contributed by atoms with E-state index in [0.717, 1.165) is 11.1 Å². The van der Waals surface area contributed by atoms with Crippen molar-refractivity contribution in [1.82, 2.24) is 0 Å². The number of hydrogen-bond donors (Lipinski definition) is 1. The summed E-state index contributed by atoms with van der Waals surface area (Å²) in [6.45, 7) is 7.61. The Bertz CT molecular complexity index is 1210. The van der Waals surface area contributed by atoms with Gasteiger partial charge in [-0.2, -0.15) is 0 Å². The molecule has 0 aliphatic rings. The van der Waals surface area contributed by atoms with Gasteiger partial charge in [-0.1, -0.05) is 26.0 Å². The summed E-state index contributed by atoms with van der Waals surface area (Å²) in [5.74, 6) is 0.331. The number of aryl methyl sites for hydroxylation is 1. The number of rotatable bonds is 8. The SMILES string of the molecule is CCOC(=O)Nc1ccc2c(COC(=O)COc3cc(C)ccc3C(C)C)cc(=O)oc2c1. The van der Waals surface area contributed by atoms with Crippen molar-refractivity contribution in [1.29, 1.82) is 0 Å². The van der Waals surface area contributed by atoms with Gasteiger partial charge in [0.1, 0.15) is 17.9 Å². The van der Waals surface area contributed by atoms with Gasteiger partial charge in [-0.15, -0.1) is 0 Å². The van der Waals surface area contributed by atoms with Gasteiger partial charge < -0.3 is 18.6 Å². The molecule has 1 heterocycles. The van der Waals surface area contributed by atoms with E-state index in [1.807, 2.05) is 25.1 Å². The van der Waals surface area contributed by atoms with Crippen molar-refractivity contribution in [2.45, 2.75) is 40.2 Å². The monoisotopic (exact) mass is 453 g/mol. The molecule has 1 amide bonds. The first-order chi connectivity index (χ1) is 15.8. The van der Waals surface area contributed by atoms with E-state index in [4.69, 9.17) is 18.6 Å². The van der Waals surface area contributed by atoms with Crippen LogP contribution in [0.15, 0.2) is 51.7 Å². The van der Waals surface area contributed by atoms with E-state index in [1.54, 1.807) is 19.1 Å². The predicted molar refractivity (Wildman–Crippen MR) is 124 cm³/mol. The molecule has 0 aliphatic carbocycles. The fourth-order valence-electron chi connectivity index (χ4n) is 3.29. The standard InChI is InChI=1S/C25H27NO7/c1-5-30-25(29)26-18-7-9-20-17(11-23(27)33-22(20)12-18)13-32-24(28)14-31-21-10-16(4)6-8-19(21)15(2)3/h6-12,15H,5,13-14H2,1-4H3,(H,26,29). The van der Waals surface area contributed by atoms with Crippen molar-refractivity contribution in [3.63, 3.8) is 0 Å². The van der Waals surface area contributed by atoms with Crippen molar-refractivity contribution < 1.29 is 28.2 Å². The van der Waals surface area contributed by atoms with Gasteiger partial charge in [-0.25, -0.2) is 14.4 Å². The molecule has 2 aromatic carbocycles. The van der Waals surface area contributed by atoms with E-state index in [2.05, 4.69) is 19.2 Å². The van der Waals surface area contributed by atoms with Crippen LogP contribution in [-0.2, 0) is 20.9 Å². The van der Waals surface area contributed by atoms with Crippen LogP contribution in [0.1, 0.15) is 43.4 Å². The van der Waals surface area contributed by atoms with Gasteiger partial charge in [-0.3, -0.25) is 5.32 Å². The van der Waals surface area contributed by atoms with Gasteiger partial charge >= 0.3 is 17.7 Å². The highest BCUT2D eigenvalue weighted by molar-refractivity contribution is 5.90. The van der Waals surface area contributed by atoms with E-state index in [9.17, 15) is 14.4 Å². The normalized spacial score (nSPS) is 10.8. The van der Waals surface area contributed by atoms with Crippen molar-refractivity contribution in [2.24, 2.45) is 0 Å². The second kappa shape index (κ2) is 10.7. The molecule has 0 saturated heterocycles. The molecule has 1 N–H and O–H groups in total. The van der Waals surface area contributed by atoms with Crippen LogP contribution >= 0.6 is 0 Å². The molecule has 0 fully saturated rings. The molecule has 0 aliphatic heterocycles. The van der Waals surface area contributed by atoms with Crippen LogP contribution in [0.5, 0.6) is 5.75 Å². The number of benzene rings is 2. The fraction of sp³-hybridized carbons (Fsp3) is 0.320. The Morgan fingerprint density at radius 1 is 1.06 bits per heavy atom. The molecule has 0 spiro atoms. The Labute approximate surface area is 191 Å². The van der Waals surface area contributed by atoms with Gasteiger partial charge in [0.25, 0.3) is 0 Å². The maximum atomic E-state index is 12.3. The zero-order chi connectivity index (χ0) is 24.0. The maximum Gasteiger partial charge on any atom is 0.411 e. The predicted octanol–water partition coefficient (Wildman–Crippen LogP) is 4.92. The van der Waals surface area contributed by atoms with Crippen molar-refractivity contribution in [3.05, 3.63) is 69.6 Å². The minimum absolute atomic E-state index is 0.125. The Balaban J connectivity index is 1.68. The molecule has 0 radical (unpaired) electrons. The quantitative estimate of drug-likeness (QED) is 0.381. The lowest BCUT2D eigenvalue weighted by molar-refractivity contribution is -0.147. The molecule has 0 bridgehead atoms. The number of esters is 1. The summed E-state index contributed by atoms with van der Waals surface area (Å²) in [6.07, 6.45) is -0.612. The number of hydrogen-bond acceptors (Lipinski definition) is 7. The molecule has 0 unspecified atom stereocenters. The zero-order valence-electron chi connectivity index (χ0n) is 19.1. The number of ether oxygens (including phenoxy) is 3. The summed E-state index contributed by atoms with van der Waals surface area (Å²) in [7, 11) is 0. The van der Waals surface area contributed by atoms with E-state index in [1.165, 1.54) is 12.1 Å². The molecule has 3 aromatic rings. The number of carbonyl (C=O) groups excluding carboxylic acids is 2. The maximum absolute atomic E-state index is 12.3. The van der Waals surface area contributed by atoms with Crippen LogP contribution in [0.3, 0.4) is 0 Å². The third kappa shape index (κ3) is 6.35. The number of nitrogens with one attached hydrogen (secondary N) is 1. The van der Waals surface area contributed by atoms with Crippen LogP contribution in [0, 0.1) is 6.92 Å². The number of fused-ring (bicyclic) bond motifs is 1. The molecule has 8 nitrogen and oxygen atoms in total. The van der Waals surface area contributed by atoms with Crippen LogP contribution < -0.4 is 15.7 Å². The Morgan fingerprint density at radius 3 is 2.58 bits per heavy atom. The molecule has 0 atom stereocenters. The van der Waals surface area contributed by atoms with E-state index < -0.39 is 17.7 Å². The lowest BCUT2D eigenvalue weighted by Gasteiger charge is -2.14. The first-order valence-corrected chi connectivity index (χ1v) is 10.7. The average Bonchev–Trinajstić information content (AvgIpc) is 2.75. The van der Waals surface area contributed by atoms with Gasteiger partial charge in [0.15, 0.2) is 6.61 Å². The largest absolute Gasteiger partial charge is 0.482 e. The van der Waals surface area contributed by atoms with Crippen LogP contribution in [-0.4, -0.2) is 25.3 Å². The Morgan fingerprint density at radius 2 is 1.85 bits per heavy atom. The number of anilines is 1. The highest BCUT2D eigenvalue weighted by Crippen LogP contribution is 2.27. The smallest absolute Gasteiger partial charge is 0.411 e. The Kier molecular flexibility index (Phi) is 7.71. The second-order valence-electron chi connectivity index (χ2n) is 7.79. The molecule has 3 rings (SSSR count). The Hall–Kier alpha value is -3.81. The fourth-order valence-corrected chi connectivity index (χ4v) is 3.29. The van der Waals surface area contributed by atoms with Gasteiger partial charge in [0.05, 0.1) is 6.61 Å². The number of amides is 1. The third-order valence-corrected chi connectivity index (χ3v) is 4.88. The second-order valence-corrected chi connectivity index (χ2v) is 7.79. The molecule has 0 saturated carbocycles. The molecule has 1 aromatic heterocycles. The van der Waals surface area contributed by atoms with Crippen molar-refractivity contribution in [3.8, 4) is 5.75 Å². The molecular weight excluding hydrogens is 426 g/mol. The van der Waals surface area contributed by atoms with Crippen molar-refractivity contribution >= 4 is 28.7 Å². The summed E-state index contributed by atoms with van der Waals surface area (Å²) >= 11 is 0. The lowest BCUT2D eigenvalue weighted by Crippen LogP contribution is -2.16. The zero-order valence-corrected chi connectivity index (χ0v) is 19.1. The highest BCUT2D eigenvalue weighted by Gasteiger charge is 2.13. The molecule has 8 heteroatoms.